The number of fused-ring (bicyclic) bond motifs is 1. The van der Waals surface area contributed by atoms with Crippen LogP contribution in [0.25, 0.3) is 0 Å². The molecule has 3 atom stereocenters. The van der Waals surface area contributed by atoms with Crippen LogP contribution in [0.15, 0.2) is 30.3 Å². The molecule has 0 unspecified atom stereocenters. The number of aliphatic hydroxyl groups is 2. The molecule has 2 amide bonds. The Morgan fingerprint density at radius 1 is 1.18 bits per heavy atom. The van der Waals surface area contributed by atoms with E-state index in [2.05, 4.69) is 10.6 Å². The number of methoxy groups -OCH3 is 1. The number of benzene rings is 2. The summed E-state index contributed by atoms with van der Waals surface area (Å²) >= 11 is 0. The van der Waals surface area contributed by atoms with Gasteiger partial charge >= 0.3 is 12.2 Å². The van der Waals surface area contributed by atoms with Gasteiger partial charge in [-0.15, -0.1) is 0 Å². The Bertz CT molecular complexity index is 1050. The number of anilines is 1. The van der Waals surface area contributed by atoms with Gasteiger partial charge in [-0.05, 0) is 52.8 Å². The average molecular weight is 470 g/mol. The molecule has 180 valence electrons. The molecule has 2 aromatic rings. The Morgan fingerprint density at radius 3 is 2.42 bits per heavy atom. The first-order chi connectivity index (χ1) is 15.2. The molecule has 1 aliphatic carbocycles. The van der Waals surface area contributed by atoms with E-state index < -0.39 is 47.3 Å². The topological polar surface area (TPSA) is 90.8 Å². The Balaban J connectivity index is 1.90. The van der Waals surface area contributed by atoms with Crippen LogP contribution in [0.2, 0.25) is 0 Å². The van der Waals surface area contributed by atoms with E-state index in [1.165, 1.54) is 30.3 Å². The van der Waals surface area contributed by atoms with Gasteiger partial charge in [-0.1, -0.05) is 26.8 Å². The second-order valence-corrected chi connectivity index (χ2v) is 9.04. The lowest BCUT2D eigenvalue weighted by molar-refractivity contribution is -0.207. The summed E-state index contributed by atoms with van der Waals surface area (Å²) in [5.41, 5.74) is 0.265. The zero-order chi connectivity index (χ0) is 24.7. The molecule has 10 heteroatoms. The first-order valence-corrected chi connectivity index (χ1v) is 10.2. The highest BCUT2D eigenvalue weighted by molar-refractivity contribution is 5.92. The number of hydrogen-bond acceptors (Lipinski definition) is 4. The standard InChI is InChI=1S/C23H26F4N2O4/c1-22(2,3)12-8-15(20(31)23(25,26)27)19(33-4)17(9-12)29-21(32)28-16-7-11-5-6-13(24)10-14(11)18(16)30/h5-6,8-10,16,18,20,30-31H,7H2,1-4H3,(H2,28,29,32)/t16-,18+,20-/m1/s1. The molecule has 0 radical (unpaired) electrons. The van der Waals surface area contributed by atoms with Gasteiger partial charge in [-0.2, -0.15) is 13.2 Å². The fraction of sp³-hybridized carbons (Fsp3) is 0.435. The fourth-order valence-corrected chi connectivity index (χ4v) is 3.83. The number of urea groups is 1. The van der Waals surface area contributed by atoms with Crippen LogP contribution in [0.5, 0.6) is 5.75 Å². The van der Waals surface area contributed by atoms with Crippen molar-refractivity contribution < 1.29 is 37.3 Å². The van der Waals surface area contributed by atoms with Crippen molar-refractivity contribution in [2.24, 2.45) is 0 Å². The third-order valence-electron chi connectivity index (χ3n) is 5.60. The summed E-state index contributed by atoms with van der Waals surface area (Å²) in [4.78, 5) is 12.7. The van der Waals surface area contributed by atoms with Crippen molar-refractivity contribution in [1.82, 2.24) is 5.32 Å². The zero-order valence-corrected chi connectivity index (χ0v) is 18.5. The van der Waals surface area contributed by atoms with Crippen LogP contribution < -0.4 is 15.4 Å². The van der Waals surface area contributed by atoms with Gasteiger partial charge in [-0.3, -0.25) is 0 Å². The van der Waals surface area contributed by atoms with Crippen LogP contribution in [0.3, 0.4) is 0 Å². The zero-order valence-electron chi connectivity index (χ0n) is 18.5. The monoisotopic (exact) mass is 470 g/mol. The highest BCUT2D eigenvalue weighted by Gasteiger charge is 2.42. The van der Waals surface area contributed by atoms with Crippen molar-refractivity contribution in [3.8, 4) is 5.75 Å². The van der Waals surface area contributed by atoms with E-state index in [-0.39, 0.29) is 17.9 Å². The first kappa shape index (κ1) is 24.8. The minimum atomic E-state index is -4.95. The molecule has 0 saturated carbocycles. The van der Waals surface area contributed by atoms with Crippen molar-refractivity contribution in [3.05, 3.63) is 58.4 Å². The van der Waals surface area contributed by atoms with E-state index in [1.54, 1.807) is 20.8 Å². The van der Waals surface area contributed by atoms with E-state index in [0.29, 0.717) is 16.7 Å². The molecule has 2 aromatic carbocycles. The van der Waals surface area contributed by atoms with Gasteiger partial charge in [-0.25, -0.2) is 9.18 Å². The Labute approximate surface area is 188 Å². The number of nitrogens with one attached hydrogen (secondary N) is 2. The highest BCUT2D eigenvalue weighted by atomic mass is 19.4. The predicted octanol–water partition coefficient (Wildman–Crippen LogP) is 4.51. The van der Waals surface area contributed by atoms with Gasteiger partial charge < -0.3 is 25.6 Å². The van der Waals surface area contributed by atoms with Crippen LogP contribution in [0.1, 0.15) is 55.2 Å². The Kier molecular flexibility index (Phi) is 6.63. The fourth-order valence-electron chi connectivity index (χ4n) is 3.83. The molecule has 0 bridgehead atoms. The van der Waals surface area contributed by atoms with Crippen molar-refractivity contribution in [1.29, 1.82) is 0 Å². The number of carbonyl (C=O) groups is 1. The summed E-state index contributed by atoms with van der Waals surface area (Å²) in [5.74, 6) is -0.849. The summed E-state index contributed by atoms with van der Waals surface area (Å²) < 4.78 is 58.5. The summed E-state index contributed by atoms with van der Waals surface area (Å²) in [6, 6.07) is 5.08. The van der Waals surface area contributed by atoms with E-state index in [1.807, 2.05) is 0 Å². The maximum atomic E-state index is 13.5. The molecule has 4 N–H and O–H groups in total. The van der Waals surface area contributed by atoms with E-state index in [4.69, 9.17) is 4.74 Å². The smallest absolute Gasteiger partial charge is 0.418 e. The van der Waals surface area contributed by atoms with E-state index in [0.717, 1.165) is 7.11 Å². The molecule has 0 aliphatic heterocycles. The second-order valence-electron chi connectivity index (χ2n) is 9.04. The van der Waals surface area contributed by atoms with Gasteiger partial charge in [0.05, 0.1) is 24.9 Å². The molecular weight excluding hydrogens is 444 g/mol. The van der Waals surface area contributed by atoms with Crippen LogP contribution in [0, 0.1) is 5.82 Å². The van der Waals surface area contributed by atoms with Gasteiger partial charge in [0, 0.05) is 5.56 Å². The molecule has 33 heavy (non-hydrogen) atoms. The van der Waals surface area contributed by atoms with Crippen LogP contribution >= 0.6 is 0 Å². The maximum Gasteiger partial charge on any atom is 0.418 e. The third-order valence-corrected chi connectivity index (χ3v) is 5.60. The van der Waals surface area contributed by atoms with Gasteiger partial charge in [0.25, 0.3) is 0 Å². The van der Waals surface area contributed by atoms with Crippen LogP contribution in [-0.2, 0) is 11.8 Å². The quantitative estimate of drug-likeness (QED) is 0.495. The molecule has 0 aromatic heterocycles. The van der Waals surface area contributed by atoms with E-state index in [9.17, 15) is 32.6 Å². The number of alkyl halides is 3. The minimum Gasteiger partial charge on any atom is -0.494 e. The third kappa shape index (κ3) is 5.22. The summed E-state index contributed by atoms with van der Waals surface area (Å²) in [6.07, 6.45) is -8.66. The van der Waals surface area contributed by atoms with Gasteiger partial charge in [0.2, 0.25) is 0 Å². The summed E-state index contributed by atoms with van der Waals surface area (Å²) in [5, 5.41) is 25.4. The van der Waals surface area contributed by atoms with Crippen LogP contribution in [-0.4, -0.2) is 35.6 Å². The van der Waals surface area contributed by atoms with Crippen molar-refractivity contribution in [2.75, 3.05) is 12.4 Å². The Hall–Kier alpha value is -2.85. The molecular formula is C23H26F4N2O4. The molecule has 0 fully saturated rings. The number of carbonyl (C=O) groups excluding carboxylic acids is 1. The SMILES string of the molecule is COc1c(NC(=O)N[C@@H]2Cc3ccc(F)cc3[C@@H]2O)cc(C(C)(C)C)cc1[C@@H](O)C(F)(F)F. The van der Waals surface area contributed by atoms with Gasteiger partial charge in [0.15, 0.2) is 6.10 Å². The molecule has 0 saturated heterocycles. The number of aliphatic hydroxyl groups excluding tert-OH is 2. The average Bonchev–Trinajstić information content (AvgIpc) is 3.00. The lowest BCUT2D eigenvalue weighted by atomic mass is 9.84. The van der Waals surface area contributed by atoms with Crippen molar-refractivity contribution >= 4 is 11.7 Å². The predicted molar refractivity (Wildman–Crippen MR) is 114 cm³/mol. The van der Waals surface area contributed by atoms with Crippen molar-refractivity contribution in [2.45, 2.75) is 57.0 Å². The first-order valence-electron chi connectivity index (χ1n) is 10.2. The van der Waals surface area contributed by atoms with E-state index >= 15 is 0 Å². The Morgan fingerprint density at radius 2 is 1.85 bits per heavy atom. The molecule has 1 aliphatic rings. The minimum absolute atomic E-state index is 0.0724. The molecule has 3 rings (SSSR count). The van der Waals surface area contributed by atoms with Crippen molar-refractivity contribution in [3.63, 3.8) is 0 Å². The molecule has 0 heterocycles. The lowest BCUT2D eigenvalue weighted by Gasteiger charge is -2.26. The number of amides is 2. The number of halogens is 4. The van der Waals surface area contributed by atoms with Crippen LogP contribution in [0.4, 0.5) is 28.0 Å². The highest BCUT2D eigenvalue weighted by Crippen LogP contribution is 2.43. The molecule has 6 nitrogen and oxygen atoms in total. The summed E-state index contributed by atoms with van der Waals surface area (Å²) in [7, 11) is 1.13. The normalized spacial score (nSPS) is 19.1. The second kappa shape index (κ2) is 8.83. The largest absolute Gasteiger partial charge is 0.494 e. The molecule has 0 spiro atoms. The lowest BCUT2D eigenvalue weighted by Crippen LogP contribution is -2.40. The number of ether oxygens (including phenoxy) is 1. The number of rotatable bonds is 4. The number of hydrogen-bond donors (Lipinski definition) is 4. The van der Waals surface area contributed by atoms with Gasteiger partial charge in [0.1, 0.15) is 11.6 Å². The summed E-state index contributed by atoms with van der Waals surface area (Å²) in [6.45, 7) is 5.31. The maximum absolute atomic E-state index is 13.5.